The SMILES string of the molecule is CCNc1ccc(N)cc1N=C1S/C(=C/N(C)c2ccc(NC(C)=O)cc2S)C(=O)N1Cc1ccccc1. The van der Waals surface area contributed by atoms with Gasteiger partial charge in [0.2, 0.25) is 5.91 Å². The Morgan fingerprint density at radius 2 is 1.92 bits per heavy atom. The summed E-state index contributed by atoms with van der Waals surface area (Å²) in [6.07, 6.45) is 1.78. The van der Waals surface area contributed by atoms with Crippen LogP contribution in [0.1, 0.15) is 19.4 Å². The third-order valence-corrected chi connectivity index (χ3v) is 7.02. The van der Waals surface area contributed by atoms with Crippen LogP contribution in [0, 0.1) is 0 Å². The molecule has 0 spiro atoms. The number of thiol groups is 1. The summed E-state index contributed by atoms with van der Waals surface area (Å²) in [6.45, 7) is 4.58. The Hall–Kier alpha value is -3.89. The number of hydrogen-bond donors (Lipinski definition) is 4. The Bertz CT molecular complexity index is 1410. The van der Waals surface area contributed by atoms with Gasteiger partial charge in [0.15, 0.2) is 5.17 Å². The van der Waals surface area contributed by atoms with Crippen molar-refractivity contribution in [2.24, 2.45) is 4.99 Å². The van der Waals surface area contributed by atoms with Crippen LogP contribution in [0.25, 0.3) is 0 Å². The molecule has 1 saturated heterocycles. The lowest BCUT2D eigenvalue weighted by molar-refractivity contribution is -0.122. The average Bonchev–Trinajstić information content (AvgIpc) is 3.14. The summed E-state index contributed by atoms with van der Waals surface area (Å²) in [7, 11) is 1.85. The number of nitrogen functional groups attached to an aromatic ring is 1. The van der Waals surface area contributed by atoms with Crippen LogP contribution in [0.3, 0.4) is 0 Å². The Morgan fingerprint density at radius 3 is 2.61 bits per heavy atom. The molecule has 0 radical (unpaired) electrons. The fraction of sp³-hybridized carbons (Fsp3) is 0.179. The molecule has 2 amide bonds. The fourth-order valence-electron chi connectivity index (χ4n) is 3.92. The second-order valence-electron chi connectivity index (χ2n) is 8.67. The van der Waals surface area contributed by atoms with E-state index in [1.165, 1.54) is 18.7 Å². The maximum Gasteiger partial charge on any atom is 0.268 e. The minimum Gasteiger partial charge on any atom is -0.399 e. The third kappa shape index (κ3) is 6.51. The normalized spacial score (nSPS) is 15.3. The van der Waals surface area contributed by atoms with Gasteiger partial charge in [-0.15, -0.1) is 12.6 Å². The first kappa shape index (κ1) is 27.2. The van der Waals surface area contributed by atoms with Gasteiger partial charge in [-0.2, -0.15) is 0 Å². The van der Waals surface area contributed by atoms with E-state index in [4.69, 9.17) is 10.7 Å². The molecular formula is C28H30N6O2S2. The number of benzene rings is 3. The van der Waals surface area contributed by atoms with Crippen LogP contribution in [-0.4, -0.2) is 35.5 Å². The number of nitrogens with two attached hydrogens (primary N) is 1. The summed E-state index contributed by atoms with van der Waals surface area (Å²) < 4.78 is 0. The molecule has 1 heterocycles. The van der Waals surface area contributed by atoms with Crippen molar-refractivity contribution < 1.29 is 9.59 Å². The number of rotatable bonds is 8. The molecule has 0 atom stereocenters. The monoisotopic (exact) mass is 546 g/mol. The Morgan fingerprint density at radius 1 is 1.16 bits per heavy atom. The zero-order valence-electron chi connectivity index (χ0n) is 21.4. The lowest BCUT2D eigenvalue weighted by Crippen LogP contribution is -2.28. The van der Waals surface area contributed by atoms with E-state index in [-0.39, 0.29) is 11.8 Å². The minimum absolute atomic E-state index is 0.145. The molecule has 196 valence electrons. The molecule has 3 aromatic carbocycles. The van der Waals surface area contributed by atoms with Gasteiger partial charge >= 0.3 is 0 Å². The van der Waals surface area contributed by atoms with Crippen molar-refractivity contribution in [3.63, 3.8) is 0 Å². The van der Waals surface area contributed by atoms with Crippen molar-refractivity contribution >= 4 is 69.8 Å². The van der Waals surface area contributed by atoms with Gasteiger partial charge < -0.3 is 21.3 Å². The largest absolute Gasteiger partial charge is 0.399 e. The quantitative estimate of drug-likeness (QED) is 0.165. The molecule has 3 aromatic rings. The lowest BCUT2D eigenvalue weighted by atomic mass is 10.2. The van der Waals surface area contributed by atoms with Crippen LogP contribution in [0.15, 0.2) is 87.7 Å². The Labute approximate surface area is 232 Å². The van der Waals surface area contributed by atoms with Gasteiger partial charge in [-0.3, -0.25) is 14.5 Å². The van der Waals surface area contributed by atoms with E-state index in [1.807, 2.05) is 67.4 Å². The van der Waals surface area contributed by atoms with Crippen LogP contribution in [-0.2, 0) is 16.1 Å². The van der Waals surface area contributed by atoms with Crippen LogP contribution in [0.4, 0.5) is 28.4 Å². The second-order valence-corrected chi connectivity index (χ2v) is 10.2. The zero-order valence-corrected chi connectivity index (χ0v) is 23.1. The number of carbonyl (C=O) groups excluding carboxylic acids is 2. The van der Waals surface area contributed by atoms with Crippen molar-refractivity contribution in [2.45, 2.75) is 25.3 Å². The Kier molecular flexibility index (Phi) is 8.65. The Balaban J connectivity index is 1.69. The van der Waals surface area contributed by atoms with Crippen LogP contribution in [0.5, 0.6) is 0 Å². The number of amides is 2. The highest BCUT2D eigenvalue weighted by atomic mass is 32.2. The number of anilines is 4. The first-order valence-electron chi connectivity index (χ1n) is 12.1. The van der Waals surface area contributed by atoms with Gasteiger partial charge in [0, 0.05) is 43.0 Å². The predicted octanol–water partition coefficient (Wildman–Crippen LogP) is 5.69. The topological polar surface area (TPSA) is 103 Å². The molecule has 0 bridgehead atoms. The number of aliphatic imine (C=N–C) groups is 1. The number of hydrogen-bond acceptors (Lipinski definition) is 8. The molecule has 10 heteroatoms. The molecule has 0 saturated carbocycles. The standard InChI is InChI=1S/C28H30N6O2S2/c1-4-30-22-12-10-20(29)14-23(22)32-28-34(16-19-8-6-5-7-9-19)27(36)26(38-28)17-33(3)24-13-11-21(15-25(24)37)31-18(2)35/h5-15,17,30,37H,4,16,29H2,1-3H3,(H,31,35)/b26-17+,32-28?. The first-order chi connectivity index (χ1) is 18.2. The highest BCUT2D eigenvalue weighted by molar-refractivity contribution is 8.18. The molecule has 0 aliphatic carbocycles. The number of amidine groups is 1. The van der Waals surface area contributed by atoms with Gasteiger partial charge in [-0.05, 0) is 60.6 Å². The summed E-state index contributed by atoms with van der Waals surface area (Å²) in [5.74, 6) is -0.300. The van der Waals surface area contributed by atoms with Gasteiger partial charge in [-0.1, -0.05) is 30.3 Å². The van der Waals surface area contributed by atoms with Gasteiger partial charge in [-0.25, -0.2) is 4.99 Å². The summed E-state index contributed by atoms with van der Waals surface area (Å²) in [4.78, 5) is 34.6. The third-order valence-electron chi connectivity index (χ3n) is 5.66. The van der Waals surface area contributed by atoms with Crippen LogP contribution in [0.2, 0.25) is 0 Å². The van der Waals surface area contributed by atoms with Gasteiger partial charge in [0.05, 0.1) is 28.5 Å². The van der Waals surface area contributed by atoms with Crippen molar-refractivity contribution in [1.82, 2.24) is 4.90 Å². The number of carbonyl (C=O) groups is 2. The molecule has 4 N–H and O–H groups in total. The lowest BCUT2D eigenvalue weighted by Gasteiger charge is -2.18. The van der Waals surface area contributed by atoms with E-state index < -0.39 is 0 Å². The van der Waals surface area contributed by atoms with Gasteiger partial charge in [0.1, 0.15) is 0 Å². The summed E-state index contributed by atoms with van der Waals surface area (Å²) in [6, 6.07) is 20.7. The smallest absolute Gasteiger partial charge is 0.268 e. The maximum absolute atomic E-state index is 13.6. The first-order valence-corrected chi connectivity index (χ1v) is 13.3. The fourth-order valence-corrected chi connectivity index (χ4v) is 5.30. The number of nitrogens with zero attached hydrogens (tertiary/aromatic N) is 3. The van der Waals surface area contributed by atoms with E-state index in [0.717, 1.165) is 23.5 Å². The van der Waals surface area contributed by atoms with E-state index >= 15 is 0 Å². The maximum atomic E-state index is 13.6. The van der Waals surface area contributed by atoms with E-state index in [0.29, 0.717) is 38.6 Å². The average molecular weight is 547 g/mol. The molecular weight excluding hydrogens is 516 g/mol. The van der Waals surface area contributed by atoms with Crippen molar-refractivity contribution in [2.75, 3.05) is 34.9 Å². The van der Waals surface area contributed by atoms with Crippen molar-refractivity contribution in [3.05, 3.63) is 83.4 Å². The summed E-state index contributed by atoms with van der Waals surface area (Å²) in [5.41, 5.74) is 10.6. The van der Waals surface area contributed by atoms with Crippen LogP contribution >= 0.6 is 24.4 Å². The molecule has 0 aromatic heterocycles. The van der Waals surface area contributed by atoms with Gasteiger partial charge in [0.25, 0.3) is 5.91 Å². The second kappa shape index (κ2) is 12.1. The highest BCUT2D eigenvalue weighted by Crippen LogP contribution is 2.37. The molecule has 38 heavy (non-hydrogen) atoms. The zero-order chi connectivity index (χ0) is 27.2. The van der Waals surface area contributed by atoms with Crippen LogP contribution < -0.4 is 21.3 Å². The molecule has 1 fully saturated rings. The molecule has 0 unspecified atom stereocenters. The molecule has 1 aliphatic heterocycles. The minimum atomic E-state index is -0.156. The van der Waals surface area contributed by atoms with E-state index in [9.17, 15) is 9.59 Å². The van der Waals surface area contributed by atoms with Crippen molar-refractivity contribution in [3.8, 4) is 0 Å². The van der Waals surface area contributed by atoms with Crippen molar-refractivity contribution in [1.29, 1.82) is 0 Å². The molecule has 1 aliphatic rings. The summed E-state index contributed by atoms with van der Waals surface area (Å²) in [5, 5.41) is 6.62. The number of nitrogens with one attached hydrogen (secondary N) is 2. The highest BCUT2D eigenvalue weighted by Gasteiger charge is 2.34. The molecule has 8 nitrogen and oxygen atoms in total. The van der Waals surface area contributed by atoms with E-state index in [1.54, 1.807) is 29.3 Å². The summed E-state index contributed by atoms with van der Waals surface area (Å²) >= 11 is 5.90. The molecule has 4 rings (SSSR count). The van der Waals surface area contributed by atoms with E-state index in [2.05, 4.69) is 23.3 Å². The number of thioether (sulfide) groups is 1. The predicted molar refractivity (Wildman–Crippen MR) is 161 cm³/mol.